The second-order valence-electron chi connectivity index (χ2n) is 9.44. The van der Waals surface area contributed by atoms with E-state index in [1.807, 2.05) is 60.7 Å². The minimum absolute atomic E-state index is 0.0581. The van der Waals surface area contributed by atoms with Gasteiger partial charge in [0.25, 0.3) is 0 Å². The lowest BCUT2D eigenvalue weighted by molar-refractivity contribution is -0.158. The SMILES string of the molecule is C[C@H](NC(=O)OCc1ccccc1)C(=O)N[C@H](Cc1ccccc1)C(=O)N[C@@H](C)C(=O)OC(C)(C)C. The Balaban J connectivity index is 2.00. The molecule has 3 atom stereocenters. The predicted molar refractivity (Wildman–Crippen MR) is 135 cm³/mol. The van der Waals surface area contributed by atoms with Crippen LogP contribution in [0, 0.1) is 0 Å². The summed E-state index contributed by atoms with van der Waals surface area (Å²) < 4.78 is 10.5. The Kier molecular flexibility index (Phi) is 10.5. The van der Waals surface area contributed by atoms with Crippen molar-refractivity contribution in [2.24, 2.45) is 0 Å². The summed E-state index contributed by atoms with van der Waals surface area (Å²) in [4.78, 5) is 50.3. The van der Waals surface area contributed by atoms with Crippen LogP contribution in [0.4, 0.5) is 4.79 Å². The number of ether oxygens (including phenoxy) is 2. The van der Waals surface area contributed by atoms with Crippen LogP contribution in [0.3, 0.4) is 0 Å². The van der Waals surface area contributed by atoms with E-state index in [9.17, 15) is 19.2 Å². The lowest BCUT2D eigenvalue weighted by Crippen LogP contribution is -2.55. The molecule has 0 bridgehead atoms. The first kappa shape index (κ1) is 28.4. The Bertz CT molecular complexity index is 1020. The Morgan fingerprint density at radius 1 is 0.750 bits per heavy atom. The average molecular weight is 498 g/mol. The van der Waals surface area contributed by atoms with Gasteiger partial charge in [-0.25, -0.2) is 9.59 Å². The van der Waals surface area contributed by atoms with E-state index in [2.05, 4.69) is 16.0 Å². The van der Waals surface area contributed by atoms with Gasteiger partial charge < -0.3 is 25.4 Å². The normalized spacial score (nSPS) is 13.5. The molecule has 9 heteroatoms. The quantitative estimate of drug-likeness (QED) is 0.434. The van der Waals surface area contributed by atoms with E-state index in [-0.39, 0.29) is 13.0 Å². The van der Waals surface area contributed by atoms with Crippen LogP contribution in [0.1, 0.15) is 45.7 Å². The molecule has 3 N–H and O–H groups in total. The van der Waals surface area contributed by atoms with Crippen molar-refractivity contribution in [3.63, 3.8) is 0 Å². The lowest BCUT2D eigenvalue weighted by Gasteiger charge is -2.25. The number of carbonyl (C=O) groups excluding carboxylic acids is 4. The highest BCUT2D eigenvalue weighted by molar-refractivity contribution is 5.93. The third kappa shape index (κ3) is 10.2. The molecule has 9 nitrogen and oxygen atoms in total. The first-order chi connectivity index (χ1) is 16.9. The summed E-state index contributed by atoms with van der Waals surface area (Å²) >= 11 is 0. The van der Waals surface area contributed by atoms with Gasteiger partial charge in [-0.1, -0.05) is 60.7 Å². The van der Waals surface area contributed by atoms with Crippen molar-refractivity contribution in [3.05, 3.63) is 71.8 Å². The number of nitrogens with one attached hydrogen (secondary N) is 3. The van der Waals surface area contributed by atoms with Crippen molar-refractivity contribution in [3.8, 4) is 0 Å². The van der Waals surface area contributed by atoms with Gasteiger partial charge in [-0.15, -0.1) is 0 Å². The highest BCUT2D eigenvalue weighted by Gasteiger charge is 2.29. The van der Waals surface area contributed by atoms with Gasteiger partial charge in [-0.3, -0.25) is 9.59 Å². The summed E-state index contributed by atoms with van der Waals surface area (Å²) in [5.74, 6) is -1.71. The largest absolute Gasteiger partial charge is 0.458 e. The van der Waals surface area contributed by atoms with Crippen LogP contribution < -0.4 is 16.0 Å². The van der Waals surface area contributed by atoms with E-state index in [0.29, 0.717) is 0 Å². The zero-order valence-electron chi connectivity index (χ0n) is 21.4. The van der Waals surface area contributed by atoms with Gasteiger partial charge in [-0.2, -0.15) is 0 Å². The second-order valence-corrected chi connectivity index (χ2v) is 9.44. The molecule has 0 aliphatic carbocycles. The van der Waals surface area contributed by atoms with Crippen molar-refractivity contribution < 1.29 is 28.7 Å². The minimum atomic E-state index is -0.991. The number of hydrogen-bond donors (Lipinski definition) is 3. The molecule has 36 heavy (non-hydrogen) atoms. The lowest BCUT2D eigenvalue weighted by atomic mass is 10.0. The smallest absolute Gasteiger partial charge is 0.408 e. The molecule has 0 aliphatic rings. The van der Waals surface area contributed by atoms with Crippen LogP contribution in [0.5, 0.6) is 0 Å². The number of rotatable bonds is 10. The number of carbonyl (C=O) groups is 4. The molecule has 0 radical (unpaired) electrons. The predicted octanol–water partition coefficient (Wildman–Crippen LogP) is 2.88. The van der Waals surface area contributed by atoms with E-state index in [4.69, 9.17) is 9.47 Å². The summed E-state index contributed by atoms with van der Waals surface area (Å²) in [5.41, 5.74) is 0.915. The van der Waals surface area contributed by atoms with Gasteiger partial charge in [0.15, 0.2) is 0 Å². The molecule has 0 saturated heterocycles. The summed E-state index contributed by atoms with van der Waals surface area (Å²) in [6, 6.07) is 15.4. The van der Waals surface area contributed by atoms with E-state index >= 15 is 0 Å². The van der Waals surface area contributed by atoms with E-state index < -0.39 is 47.6 Å². The molecule has 0 spiro atoms. The second kappa shape index (κ2) is 13.3. The Hall–Kier alpha value is -3.88. The summed E-state index contributed by atoms with van der Waals surface area (Å²) in [7, 11) is 0. The molecule has 0 heterocycles. The zero-order valence-corrected chi connectivity index (χ0v) is 21.4. The molecule has 0 unspecified atom stereocenters. The maximum Gasteiger partial charge on any atom is 0.408 e. The molecule has 0 saturated carbocycles. The third-order valence-corrected chi connectivity index (χ3v) is 4.98. The fraction of sp³-hybridized carbons (Fsp3) is 0.407. The van der Waals surface area contributed by atoms with Crippen LogP contribution in [0.2, 0.25) is 0 Å². The van der Waals surface area contributed by atoms with Crippen LogP contribution >= 0.6 is 0 Å². The molecule has 2 aromatic rings. The topological polar surface area (TPSA) is 123 Å². The fourth-order valence-electron chi connectivity index (χ4n) is 3.13. The molecular weight excluding hydrogens is 462 g/mol. The number of hydrogen-bond acceptors (Lipinski definition) is 6. The Morgan fingerprint density at radius 3 is 1.86 bits per heavy atom. The van der Waals surface area contributed by atoms with Gasteiger partial charge in [0.05, 0.1) is 0 Å². The first-order valence-electron chi connectivity index (χ1n) is 11.8. The summed E-state index contributed by atoms with van der Waals surface area (Å²) in [6.45, 7) is 8.26. The standard InChI is InChI=1S/C27H35N3O6/c1-18(29-26(34)35-17-21-14-10-7-11-15-21)23(31)30-22(16-20-12-8-6-9-13-20)24(32)28-19(2)25(33)36-27(3,4)5/h6-15,18-19,22H,16-17H2,1-5H3,(H,28,32)(H,29,34)(H,30,31)/t18-,19-,22+/m0/s1. The zero-order chi connectivity index (χ0) is 26.7. The summed E-state index contributed by atoms with van der Waals surface area (Å²) in [5, 5.41) is 7.73. The minimum Gasteiger partial charge on any atom is -0.458 e. The third-order valence-electron chi connectivity index (χ3n) is 4.98. The number of esters is 1. The average Bonchev–Trinajstić information content (AvgIpc) is 2.82. The van der Waals surface area contributed by atoms with Crippen LogP contribution in [-0.2, 0) is 36.9 Å². The molecular formula is C27H35N3O6. The molecule has 2 rings (SSSR count). The van der Waals surface area contributed by atoms with Gasteiger partial charge in [0.1, 0.15) is 30.3 Å². The van der Waals surface area contributed by atoms with Crippen LogP contribution in [0.25, 0.3) is 0 Å². The van der Waals surface area contributed by atoms with Gasteiger partial charge >= 0.3 is 12.1 Å². The molecule has 194 valence electrons. The molecule has 2 aromatic carbocycles. The van der Waals surface area contributed by atoms with Crippen molar-refractivity contribution in [2.45, 2.75) is 71.4 Å². The van der Waals surface area contributed by atoms with Crippen LogP contribution in [0.15, 0.2) is 60.7 Å². The summed E-state index contributed by atoms with van der Waals surface area (Å²) in [6.07, 6.45) is -0.575. The number of amides is 3. The highest BCUT2D eigenvalue weighted by atomic mass is 16.6. The monoisotopic (exact) mass is 497 g/mol. The van der Waals surface area contributed by atoms with E-state index in [1.165, 1.54) is 13.8 Å². The maximum atomic E-state index is 13.0. The van der Waals surface area contributed by atoms with E-state index in [1.54, 1.807) is 20.8 Å². The Labute approximate surface area is 211 Å². The molecule has 3 amide bonds. The first-order valence-corrected chi connectivity index (χ1v) is 11.8. The molecule has 0 aliphatic heterocycles. The van der Waals surface area contributed by atoms with Gasteiger partial charge in [0.2, 0.25) is 11.8 Å². The Morgan fingerprint density at radius 2 is 1.31 bits per heavy atom. The van der Waals surface area contributed by atoms with Crippen LogP contribution in [-0.4, -0.2) is 47.6 Å². The van der Waals surface area contributed by atoms with Gasteiger partial charge in [0, 0.05) is 6.42 Å². The van der Waals surface area contributed by atoms with E-state index in [0.717, 1.165) is 11.1 Å². The molecule has 0 aromatic heterocycles. The fourth-order valence-corrected chi connectivity index (χ4v) is 3.13. The number of alkyl carbamates (subject to hydrolysis) is 1. The van der Waals surface area contributed by atoms with Crippen molar-refractivity contribution in [1.82, 2.24) is 16.0 Å². The number of benzene rings is 2. The molecule has 0 fully saturated rings. The highest BCUT2D eigenvalue weighted by Crippen LogP contribution is 2.09. The maximum absolute atomic E-state index is 13.0. The van der Waals surface area contributed by atoms with Gasteiger partial charge in [-0.05, 0) is 45.7 Å². The van der Waals surface area contributed by atoms with Crippen molar-refractivity contribution in [2.75, 3.05) is 0 Å². The van der Waals surface area contributed by atoms with Crippen molar-refractivity contribution >= 4 is 23.9 Å². The van der Waals surface area contributed by atoms with Crippen molar-refractivity contribution in [1.29, 1.82) is 0 Å².